The minimum Gasteiger partial charge on any atom is -0.338 e. The van der Waals surface area contributed by atoms with E-state index in [0.29, 0.717) is 25.2 Å². The Bertz CT molecular complexity index is 1110. The zero-order chi connectivity index (χ0) is 22.1. The molecule has 0 radical (unpaired) electrons. The van der Waals surface area contributed by atoms with Crippen LogP contribution < -0.4 is 0 Å². The molecular formula is C26H25FN2O2S. The highest BCUT2D eigenvalue weighted by Gasteiger charge is 2.38. The van der Waals surface area contributed by atoms with Crippen LogP contribution in [-0.2, 0) is 11.2 Å². The van der Waals surface area contributed by atoms with Crippen molar-refractivity contribution in [3.05, 3.63) is 93.4 Å². The molecule has 1 aromatic heterocycles. The van der Waals surface area contributed by atoms with Crippen LogP contribution in [-0.4, -0.2) is 41.2 Å². The molecule has 0 saturated carbocycles. The van der Waals surface area contributed by atoms with E-state index in [-0.39, 0.29) is 29.6 Å². The molecule has 164 valence electrons. The number of nitrogens with zero attached hydrogens (tertiary/aromatic N) is 2. The molecule has 0 N–H and O–H groups in total. The Hall–Kier alpha value is -2.99. The van der Waals surface area contributed by atoms with E-state index in [1.54, 1.807) is 16.2 Å². The fourth-order valence-corrected chi connectivity index (χ4v) is 5.83. The van der Waals surface area contributed by atoms with Gasteiger partial charge < -0.3 is 9.80 Å². The van der Waals surface area contributed by atoms with Gasteiger partial charge in [-0.05, 0) is 66.1 Å². The fraction of sp³-hybridized carbons (Fsp3) is 0.308. The normalized spacial score (nSPS) is 20.7. The first kappa shape index (κ1) is 20.9. The molecule has 2 atom stereocenters. The number of thiophene rings is 1. The molecule has 3 aromatic rings. The number of rotatable bonds is 3. The van der Waals surface area contributed by atoms with Gasteiger partial charge >= 0.3 is 0 Å². The first-order chi connectivity index (χ1) is 15.6. The second-order valence-electron chi connectivity index (χ2n) is 8.49. The average Bonchev–Trinajstić information content (AvgIpc) is 3.32. The standard InChI is InChI=1S/C26H25FN2O2S/c27-21-10-8-19(9-11-21)25(30)28-14-4-7-20(17-28)26(31)29-15-12-23-22(13-16-32-23)24(29)18-5-2-1-3-6-18/h1-3,5-6,8-11,13,16,20,24H,4,7,12,14-15,17H2/t20-,24-/m1/s1. The summed E-state index contributed by atoms with van der Waals surface area (Å²) in [6, 6.07) is 17.9. The van der Waals surface area contributed by atoms with Crippen LogP contribution in [0.15, 0.2) is 66.0 Å². The van der Waals surface area contributed by atoms with Crippen molar-refractivity contribution in [1.82, 2.24) is 9.80 Å². The van der Waals surface area contributed by atoms with Crippen LogP contribution in [0.2, 0.25) is 0 Å². The summed E-state index contributed by atoms with van der Waals surface area (Å²) < 4.78 is 13.3. The fourth-order valence-electron chi connectivity index (χ4n) is 4.92. The lowest BCUT2D eigenvalue weighted by atomic mass is 9.89. The first-order valence-electron chi connectivity index (χ1n) is 11.1. The molecule has 2 aromatic carbocycles. The zero-order valence-corrected chi connectivity index (χ0v) is 18.6. The number of hydrogen-bond acceptors (Lipinski definition) is 3. The molecular weight excluding hydrogens is 423 g/mol. The first-order valence-corrected chi connectivity index (χ1v) is 12.0. The summed E-state index contributed by atoms with van der Waals surface area (Å²) in [6.07, 6.45) is 2.43. The molecule has 5 rings (SSSR count). The number of fused-ring (bicyclic) bond motifs is 1. The molecule has 3 heterocycles. The number of amides is 2. The molecule has 0 aliphatic carbocycles. The van der Waals surface area contributed by atoms with Crippen molar-refractivity contribution in [3.63, 3.8) is 0 Å². The zero-order valence-electron chi connectivity index (χ0n) is 17.7. The van der Waals surface area contributed by atoms with Gasteiger partial charge in [0.15, 0.2) is 0 Å². The number of carbonyl (C=O) groups is 2. The number of likely N-dealkylation sites (tertiary alicyclic amines) is 1. The molecule has 2 amide bonds. The molecule has 0 unspecified atom stereocenters. The second-order valence-corrected chi connectivity index (χ2v) is 9.49. The maximum Gasteiger partial charge on any atom is 0.253 e. The van der Waals surface area contributed by atoms with Gasteiger partial charge in [-0.1, -0.05) is 30.3 Å². The van der Waals surface area contributed by atoms with Gasteiger partial charge in [-0.3, -0.25) is 9.59 Å². The summed E-state index contributed by atoms with van der Waals surface area (Å²) >= 11 is 1.76. The van der Waals surface area contributed by atoms with Gasteiger partial charge in [-0.2, -0.15) is 0 Å². The number of piperidine rings is 1. The van der Waals surface area contributed by atoms with E-state index in [4.69, 9.17) is 0 Å². The largest absolute Gasteiger partial charge is 0.338 e. The molecule has 0 spiro atoms. The van der Waals surface area contributed by atoms with Crippen LogP contribution in [0.5, 0.6) is 0 Å². The maximum absolute atomic E-state index is 13.8. The lowest BCUT2D eigenvalue weighted by Gasteiger charge is -2.40. The van der Waals surface area contributed by atoms with Crippen molar-refractivity contribution in [2.45, 2.75) is 25.3 Å². The Balaban J connectivity index is 1.38. The molecule has 4 nitrogen and oxygen atoms in total. The quantitative estimate of drug-likeness (QED) is 0.571. The van der Waals surface area contributed by atoms with Gasteiger partial charge in [0.1, 0.15) is 5.82 Å². The third kappa shape index (κ3) is 3.95. The SMILES string of the molecule is O=C(c1ccc(F)cc1)N1CCC[C@@H](C(=O)N2CCc3sccc3[C@H]2c2ccccc2)C1. The average molecular weight is 449 g/mol. The van der Waals surface area contributed by atoms with Gasteiger partial charge in [0.2, 0.25) is 5.91 Å². The molecule has 0 bridgehead atoms. The minimum absolute atomic E-state index is 0.0816. The van der Waals surface area contributed by atoms with E-state index in [0.717, 1.165) is 24.8 Å². The van der Waals surface area contributed by atoms with Crippen molar-refractivity contribution in [2.75, 3.05) is 19.6 Å². The van der Waals surface area contributed by atoms with Gasteiger partial charge in [0.05, 0.1) is 12.0 Å². The molecule has 1 saturated heterocycles. The third-order valence-electron chi connectivity index (χ3n) is 6.51. The second kappa shape index (κ2) is 8.87. The lowest BCUT2D eigenvalue weighted by Crippen LogP contribution is -2.49. The predicted octanol–water partition coefficient (Wildman–Crippen LogP) is 4.91. The number of halogens is 1. The number of carbonyl (C=O) groups excluding carboxylic acids is 2. The van der Waals surface area contributed by atoms with E-state index in [9.17, 15) is 14.0 Å². The van der Waals surface area contributed by atoms with Crippen molar-refractivity contribution < 1.29 is 14.0 Å². The summed E-state index contributed by atoms with van der Waals surface area (Å²) in [5.41, 5.74) is 2.80. The van der Waals surface area contributed by atoms with Crippen LogP contribution >= 0.6 is 11.3 Å². The Morgan fingerprint density at radius 3 is 2.53 bits per heavy atom. The lowest BCUT2D eigenvalue weighted by molar-refractivity contribution is -0.139. The van der Waals surface area contributed by atoms with E-state index in [1.807, 2.05) is 23.1 Å². The topological polar surface area (TPSA) is 40.6 Å². The van der Waals surface area contributed by atoms with E-state index in [2.05, 4.69) is 23.6 Å². The molecule has 6 heteroatoms. The molecule has 32 heavy (non-hydrogen) atoms. The highest BCUT2D eigenvalue weighted by molar-refractivity contribution is 7.10. The van der Waals surface area contributed by atoms with Crippen LogP contribution in [0.25, 0.3) is 0 Å². The summed E-state index contributed by atoms with van der Waals surface area (Å²) in [6.45, 7) is 1.72. The molecule has 1 fully saturated rings. The van der Waals surface area contributed by atoms with Crippen molar-refractivity contribution in [3.8, 4) is 0 Å². The van der Waals surface area contributed by atoms with Crippen molar-refractivity contribution >= 4 is 23.2 Å². The Kier molecular flexibility index (Phi) is 5.79. The van der Waals surface area contributed by atoms with Gasteiger partial charge in [0, 0.05) is 30.1 Å². The van der Waals surface area contributed by atoms with Gasteiger partial charge in [-0.15, -0.1) is 11.3 Å². The summed E-state index contributed by atoms with van der Waals surface area (Å²) in [4.78, 5) is 31.8. The number of hydrogen-bond donors (Lipinski definition) is 0. The van der Waals surface area contributed by atoms with Gasteiger partial charge in [-0.25, -0.2) is 4.39 Å². The highest BCUT2D eigenvalue weighted by atomic mass is 32.1. The van der Waals surface area contributed by atoms with Crippen LogP contribution in [0.3, 0.4) is 0 Å². The monoisotopic (exact) mass is 448 g/mol. The minimum atomic E-state index is -0.363. The molecule has 2 aliphatic heterocycles. The Labute approximate surface area is 191 Å². The van der Waals surface area contributed by atoms with Gasteiger partial charge in [0.25, 0.3) is 5.91 Å². The van der Waals surface area contributed by atoms with E-state index in [1.165, 1.54) is 34.7 Å². The van der Waals surface area contributed by atoms with Crippen molar-refractivity contribution in [1.29, 1.82) is 0 Å². The summed E-state index contributed by atoms with van der Waals surface area (Å²) in [7, 11) is 0. The van der Waals surface area contributed by atoms with Crippen LogP contribution in [0.4, 0.5) is 4.39 Å². The Morgan fingerprint density at radius 1 is 0.969 bits per heavy atom. The van der Waals surface area contributed by atoms with E-state index >= 15 is 0 Å². The maximum atomic E-state index is 13.8. The highest BCUT2D eigenvalue weighted by Crippen LogP contribution is 2.39. The number of benzene rings is 2. The third-order valence-corrected chi connectivity index (χ3v) is 7.51. The Morgan fingerprint density at radius 2 is 1.75 bits per heavy atom. The van der Waals surface area contributed by atoms with Crippen molar-refractivity contribution in [2.24, 2.45) is 5.92 Å². The van der Waals surface area contributed by atoms with Crippen LogP contribution in [0.1, 0.15) is 45.2 Å². The van der Waals surface area contributed by atoms with E-state index < -0.39 is 0 Å². The molecule has 2 aliphatic rings. The predicted molar refractivity (Wildman–Crippen MR) is 123 cm³/mol. The summed E-state index contributed by atoms with van der Waals surface area (Å²) in [5.74, 6) is -0.606. The smallest absolute Gasteiger partial charge is 0.253 e. The summed E-state index contributed by atoms with van der Waals surface area (Å²) in [5, 5.41) is 2.11. The van der Waals surface area contributed by atoms with Crippen LogP contribution in [0, 0.1) is 11.7 Å².